The Hall–Kier alpha value is -2.00. The van der Waals surface area contributed by atoms with Crippen LogP contribution in [-0.2, 0) is 11.2 Å². The molecule has 4 rings (SSSR count). The third kappa shape index (κ3) is 3.82. The number of aromatic nitrogens is 2. The number of carbonyl (C=O) groups is 1. The van der Waals surface area contributed by atoms with E-state index in [1.807, 2.05) is 29.0 Å². The van der Waals surface area contributed by atoms with Crippen molar-refractivity contribution < 1.29 is 9.21 Å². The van der Waals surface area contributed by atoms with Gasteiger partial charge in [-0.1, -0.05) is 11.6 Å². The zero-order valence-corrected chi connectivity index (χ0v) is 15.8. The number of nitrogens with zero attached hydrogens (tertiary/aromatic N) is 2. The normalized spacial score (nSPS) is 10.9. The lowest BCUT2D eigenvalue weighted by Crippen LogP contribution is -2.14. The van der Waals surface area contributed by atoms with Crippen LogP contribution in [0.5, 0.6) is 0 Å². The van der Waals surface area contributed by atoms with Crippen LogP contribution in [0.4, 0.5) is 5.13 Å². The number of hydrogen-bond donors (Lipinski definition) is 1. The molecular formula is C16H10ClN3O2S3. The van der Waals surface area contributed by atoms with E-state index in [4.69, 9.17) is 16.0 Å². The fourth-order valence-electron chi connectivity index (χ4n) is 2.13. The Bertz CT molecular complexity index is 1000. The number of amides is 1. The van der Waals surface area contributed by atoms with Crippen LogP contribution in [0.15, 0.2) is 45.7 Å². The molecule has 0 aliphatic heterocycles. The Morgan fingerprint density at radius 1 is 1.20 bits per heavy atom. The van der Waals surface area contributed by atoms with Crippen molar-refractivity contribution in [2.75, 3.05) is 5.32 Å². The maximum absolute atomic E-state index is 12.2. The van der Waals surface area contributed by atoms with Gasteiger partial charge in [-0.25, -0.2) is 9.97 Å². The zero-order valence-electron chi connectivity index (χ0n) is 12.6. The van der Waals surface area contributed by atoms with Crippen molar-refractivity contribution in [3.63, 3.8) is 0 Å². The van der Waals surface area contributed by atoms with Crippen LogP contribution in [0.3, 0.4) is 0 Å². The molecule has 0 fully saturated rings. The van der Waals surface area contributed by atoms with Gasteiger partial charge in [-0.3, -0.25) is 4.79 Å². The Morgan fingerprint density at radius 2 is 2.12 bits per heavy atom. The SMILES string of the molecule is O=C(Cc1csc(-c2ccc(Cl)s2)n1)Nc1nc(-c2ccco2)cs1. The minimum Gasteiger partial charge on any atom is -0.463 e. The number of carbonyl (C=O) groups excluding carboxylic acids is 1. The van der Waals surface area contributed by atoms with Gasteiger partial charge in [0.25, 0.3) is 0 Å². The summed E-state index contributed by atoms with van der Waals surface area (Å²) in [5.74, 6) is 0.525. The highest BCUT2D eigenvalue weighted by Gasteiger charge is 2.13. The summed E-state index contributed by atoms with van der Waals surface area (Å²) in [5, 5.41) is 7.94. The third-order valence-electron chi connectivity index (χ3n) is 3.20. The number of furan rings is 1. The van der Waals surface area contributed by atoms with Gasteiger partial charge >= 0.3 is 0 Å². The number of halogens is 1. The molecule has 0 aromatic carbocycles. The molecule has 4 aromatic rings. The Balaban J connectivity index is 1.40. The zero-order chi connectivity index (χ0) is 17.2. The van der Waals surface area contributed by atoms with Gasteiger partial charge in [0.2, 0.25) is 5.91 Å². The van der Waals surface area contributed by atoms with Gasteiger partial charge in [-0.05, 0) is 24.3 Å². The molecule has 0 aliphatic carbocycles. The van der Waals surface area contributed by atoms with Gasteiger partial charge in [0.1, 0.15) is 10.7 Å². The topological polar surface area (TPSA) is 68.0 Å². The largest absolute Gasteiger partial charge is 0.463 e. The van der Waals surface area contributed by atoms with Crippen LogP contribution in [0, 0.1) is 0 Å². The molecule has 5 nitrogen and oxygen atoms in total. The Labute approximate surface area is 160 Å². The molecule has 4 aromatic heterocycles. The highest BCUT2D eigenvalue weighted by atomic mass is 35.5. The van der Waals surface area contributed by atoms with E-state index in [2.05, 4.69) is 15.3 Å². The smallest absolute Gasteiger partial charge is 0.232 e. The standard InChI is InChI=1S/C16H10ClN3O2S3/c17-13-4-3-12(25-13)15-18-9(7-23-15)6-14(21)20-16-19-10(8-24-16)11-2-1-5-22-11/h1-5,7-8H,6H2,(H,19,20,21). The fraction of sp³-hybridized carbons (Fsp3) is 0.0625. The second-order valence-electron chi connectivity index (χ2n) is 4.99. The highest BCUT2D eigenvalue weighted by Crippen LogP contribution is 2.33. The predicted octanol–water partition coefficient (Wildman–Crippen LogP) is 5.42. The summed E-state index contributed by atoms with van der Waals surface area (Å²) < 4.78 is 6.02. The molecule has 0 saturated heterocycles. The van der Waals surface area contributed by atoms with Crippen LogP contribution in [0.2, 0.25) is 4.34 Å². The van der Waals surface area contributed by atoms with Crippen molar-refractivity contribution in [2.24, 2.45) is 0 Å². The fourth-order valence-corrected chi connectivity index (χ4v) is 4.78. The van der Waals surface area contributed by atoms with E-state index >= 15 is 0 Å². The molecular weight excluding hydrogens is 398 g/mol. The summed E-state index contributed by atoms with van der Waals surface area (Å²) in [6, 6.07) is 7.40. The van der Waals surface area contributed by atoms with Crippen molar-refractivity contribution in [3.05, 3.63) is 51.3 Å². The van der Waals surface area contributed by atoms with Gasteiger partial charge in [0, 0.05) is 10.8 Å². The number of thiophene rings is 1. The molecule has 0 aliphatic rings. The number of nitrogens with one attached hydrogen (secondary N) is 1. The van der Waals surface area contributed by atoms with E-state index < -0.39 is 0 Å². The van der Waals surface area contributed by atoms with Crippen LogP contribution < -0.4 is 5.32 Å². The van der Waals surface area contributed by atoms with Crippen LogP contribution in [0.1, 0.15) is 5.69 Å². The number of hydrogen-bond acceptors (Lipinski definition) is 7. The lowest BCUT2D eigenvalue weighted by molar-refractivity contribution is -0.115. The first-order valence-corrected chi connectivity index (χ1v) is 10.1. The molecule has 0 atom stereocenters. The molecule has 25 heavy (non-hydrogen) atoms. The van der Waals surface area contributed by atoms with Crippen molar-refractivity contribution in [1.82, 2.24) is 9.97 Å². The number of anilines is 1. The van der Waals surface area contributed by atoms with Crippen molar-refractivity contribution in [2.45, 2.75) is 6.42 Å². The minimum absolute atomic E-state index is 0.151. The van der Waals surface area contributed by atoms with Gasteiger partial charge < -0.3 is 9.73 Å². The summed E-state index contributed by atoms with van der Waals surface area (Å²) >= 11 is 10.3. The summed E-state index contributed by atoms with van der Waals surface area (Å²) in [6.45, 7) is 0. The molecule has 126 valence electrons. The second kappa shape index (κ2) is 7.09. The maximum Gasteiger partial charge on any atom is 0.232 e. The molecule has 0 spiro atoms. The van der Waals surface area contributed by atoms with Crippen LogP contribution in [-0.4, -0.2) is 15.9 Å². The quantitative estimate of drug-likeness (QED) is 0.479. The average molecular weight is 408 g/mol. The molecule has 0 bridgehead atoms. The van der Waals surface area contributed by atoms with E-state index in [-0.39, 0.29) is 12.3 Å². The monoisotopic (exact) mass is 407 g/mol. The van der Waals surface area contributed by atoms with Gasteiger partial charge in [-0.2, -0.15) is 0 Å². The number of thiazole rings is 2. The van der Waals surface area contributed by atoms with E-state index in [1.54, 1.807) is 12.3 Å². The Kier molecular flexibility index (Phi) is 4.67. The van der Waals surface area contributed by atoms with Crippen LogP contribution in [0.25, 0.3) is 21.3 Å². The first-order valence-electron chi connectivity index (χ1n) is 7.17. The average Bonchev–Trinajstić information content (AvgIpc) is 3.34. The van der Waals surface area contributed by atoms with Crippen molar-refractivity contribution in [3.8, 4) is 21.3 Å². The summed E-state index contributed by atoms with van der Waals surface area (Å²) in [7, 11) is 0. The van der Waals surface area contributed by atoms with Crippen molar-refractivity contribution in [1.29, 1.82) is 0 Å². The first-order chi connectivity index (χ1) is 12.2. The molecule has 0 saturated carbocycles. The molecule has 9 heteroatoms. The van der Waals surface area contributed by atoms with Gasteiger partial charge in [0.05, 0.1) is 27.6 Å². The second-order valence-corrected chi connectivity index (χ2v) is 8.42. The van der Waals surface area contributed by atoms with Gasteiger partial charge in [0.15, 0.2) is 10.9 Å². The minimum atomic E-state index is -0.151. The third-order valence-corrected chi connectivity index (χ3v) is 6.25. The summed E-state index contributed by atoms with van der Waals surface area (Å²) in [6.07, 6.45) is 1.79. The molecule has 4 heterocycles. The van der Waals surface area contributed by atoms with E-state index in [0.29, 0.717) is 16.6 Å². The lowest BCUT2D eigenvalue weighted by Gasteiger charge is -1.99. The molecule has 0 unspecified atom stereocenters. The Morgan fingerprint density at radius 3 is 2.88 bits per heavy atom. The lowest BCUT2D eigenvalue weighted by atomic mass is 10.3. The van der Waals surface area contributed by atoms with E-state index in [9.17, 15) is 4.79 Å². The van der Waals surface area contributed by atoms with E-state index in [0.717, 1.165) is 19.9 Å². The van der Waals surface area contributed by atoms with Crippen molar-refractivity contribution >= 4 is 56.7 Å². The molecule has 0 radical (unpaired) electrons. The summed E-state index contributed by atoms with van der Waals surface area (Å²) in [4.78, 5) is 22.1. The highest BCUT2D eigenvalue weighted by molar-refractivity contribution is 7.23. The first kappa shape index (κ1) is 16.5. The predicted molar refractivity (Wildman–Crippen MR) is 103 cm³/mol. The molecule has 1 amide bonds. The van der Waals surface area contributed by atoms with Gasteiger partial charge in [-0.15, -0.1) is 34.0 Å². The number of rotatable bonds is 5. The maximum atomic E-state index is 12.2. The summed E-state index contributed by atoms with van der Waals surface area (Å²) in [5.41, 5.74) is 1.43. The van der Waals surface area contributed by atoms with Crippen LogP contribution >= 0.6 is 45.6 Å². The molecule has 1 N–H and O–H groups in total. The van der Waals surface area contributed by atoms with E-state index in [1.165, 1.54) is 34.0 Å².